The van der Waals surface area contributed by atoms with Crippen LogP contribution in [0, 0.1) is 11.8 Å². The number of carboxylic acid groups (broad SMARTS) is 1. The minimum atomic E-state index is -1.12. The summed E-state index contributed by atoms with van der Waals surface area (Å²) >= 11 is 1.23. The number of thiazole rings is 1. The molecule has 0 unspecified atom stereocenters. The summed E-state index contributed by atoms with van der Waals surface area (Å²) in [6, 6.07) is 0. The quantitative estimate of drug-likeness (QED) is 0.783. The van der Waals surface area contributed by atoms with Crippen molar-refractivity contribution in [2.24, 2.45) is 11.8 Å². The first-order valence-corrected chi connectivity index (χ1v) is 7.86. The van der Waals surface area contributed by atoms with Gasteiger partial charge in [-0.1, -0.05) is 11.3 Å². The van der Waals surface area contributed by atoms with Gasteiger partial charge in [0.1, 0.15) is 4.88 Å². The molecule has 6 heteroatoms. The topological polar surface area (TPSA) is 70.5 Å². The van der Waals surface area contributed by atoms with Crippen LogP contribution in [0.25, 0.3) is 0 Å². The zero-order valence-corrected chi connectivity index (χ0v) is 12.3. The molecule has 0 aliphatic heterocycles. The van der Waals surface area contributed by atoms with Crippen LogP contribution < -0.4 is 4.90 Å². The normalized spacial score (nSPS) is 18.1. The molecule has 0 saturated heterocycles. The lowest BCUT2D eigenvalue weighted by Gasteiger charge is -2.21. The average molecular weight is 294 g/mol. The van der Waals surface area contributed by atoms with Gasteiger partial charge < -0.3 is 10.0 Å². The molecule has 0 aromatic carbocycles. The number of aromatic carboxylic acids is 1. The van der Waals surface area contributed by atoms with Crippen molar-refractivity contribution in [2.75, 3.05) is 18.0 Å². The summed E-state index contributed by atoms with van der Waals surface area (Å²) in [6.07, 6.45) is 4.99. The van der Waals surface area contributed by atoms with Gasteiger partial charge in [0.05, 0.1) is 0 Å². The molecule has 1 aromatic rings. The molecule has 0 amide bonds. The van der Waals surface area contributed by atoms with Gasteiger partial charge in [-0.15, -0.1) is 0 Å². The molecule has 108 valence electrons. The number of carbonyl (C=O) groups excluding carboxylic acids is 1. The smallest absolute Gasteiger partial charge is 0.356 e. The Morgan fingerprint density at radius 2 is 1.80 bits per heavy atom. The number of nitrogens with zero attached hydrogens (tertiary/aromatic N) is 2. The third kappa shape index (κ3) is 3.00. The van der Waals surface area contributed by atoms with Gasteiger partial charge in [-0.05, 0) is 37.5 Å². The van der Waals surface area contributed by atoms with E-state index in [2.05, 4.69) is 9.88 Å². The molecule has 0 bridgehead atoms. The maximum Gasteiger partial charge on any atom is 0.356 e. The van der Waals surface area contributed by atoms with Gasteiger partial charge in [0, 0.05) is 20.0 Å². The monoisotopic (exact) mass is 294 g/mol. The van der Waals surface area contributed by atoms with Crippen molar-refractivity contribution in [3.8, 4) is 0 Å². The lowest BCUT2D eigenvalue weighted by Crippen LogP contribution is -2.28. The highest BCUT2D eigenvalue weighted by Gasteiger charge is 2.32. The van der Waals surface area contributed by atoms with Crippen molar-refractivity contribution in [1.82, 2.24) is 4.98 Å². The first-order chi connectivity index (χ1) is 9.54. The number of Topliss-reactive ketones (excluding diaryl/α,β-unsaturated/α-hetero) is 1. The van der Waals surface area contributed by atoms with E-state index < -0.39 is 5.97 Å². The lowest BCUT2D eigenvalue weighted by molar-refractivity contribution is 0.0687. The molecule has 1 aromatic heterocycles. The number of carboxylic acids is 1. The number of anilines is 1. The molecule has 2 aliphatic carbocycles. The van der Waals surface area contributed by atoms with Crippen LogP contribution in [-0.4, -0.2) is 34.9 Å². The second-order valence-corrected chi connectivity index (χ2v) is 6.80. The van der Waals surface area contributed by atoms with Crippen molar-refractivity contribution in [3.63, 3.8) is 0 Å². The summed E-state index contributed by atoms with van der Waals surface area (Å²) in [6.45, 7) is 3.29. The van der Waals surface area contributed by atoms with Crippen LogP contribution in [0.4, 0.5) is 5.13 Å². The predicted octanol–water partition coefficient (Wildman–Crippen LogP) is 2.67. The fourth-order valence-corrected chi connectivity index (χ4v) is 3.25. The van der Waals surface area contributed by atoms with E-state index in [-0.39, 0.29) is 16.4 Å². The van der Waals surface area contributed by atoms with E-state index in [9.17, 15) is 14.7 Å². The van der Waals surface area contributed by atoms with E-state index in [0.29, 0.717) is 17.0 Å². The Labute approximate surface area is 121 Å². The fraction of sp³-hybridized carbons (Fsp3) is 0.643. The number of carbonyl (C=O) groups is 2. The first kappa shape index (κ1) is 13.5. The highest BCUT2D eigenvalue weighted by Crippen LogP contribution is 2.37. The molecule has 2 saturated carbocycles. The van der Waals surface area contributed by atoms with Crippen molar-refractivity contribution < 1.29 is 14.7 Å². The average Bonchev–Trinajstić information content (AvgIpc) is 3.29. The number of hydrogen-bond acceptors (Lipinski definition) is 5. The van der Waals surface area contributed by atoms with Crippen molar-refractivity contribution in [3.05, 3.63) is 10.6 Å². The first-order valence-electron chi connectivity index (χ1n) is 7.04. The van der Waals surface area contributed by atoms with Gasteiger partial charge >= 0.3 is 5.97 Å². The third-order valence-corrected chi connectivity index (χ3v) is 4.98. The van der Waals surface area contributed by atoms with Crippen LogP contribution in [0.5, 0.6) is 0 Å². The Morgan fingerprint density at radius 1 is 1.25 bits per heavy atom. The SMILES string of the molecule is CC(=O)c1sc(N(CC2CC2)CC2CC2)nc1C(=O)O. The number of rotatable bonds is 7. The number of ketones is 1. The molecule has 20 heavy (non-hydrogen) atoms. The summed E-state index contributed by atoms with van der Waals surface area (Å²) < 4.78 is 0. The van der Waals surface area contributed by atoms with Gasteiger partial charge in [0.15, 0.2) is 16.6 Å². The molecule has 3 rings (SSSR count). The molecule has 1 heterocycles. The molecule has 0 radical (unpaired) electrons. The second kappa shape index (κ2) is 5.16. The maximum atomic E-state index is 11.6. The van der Waals surface area contributed by atoms with E-state index in [0.717, 1.165) is 13.1 Å². The summed E-state index contributed by atoms with van der Waals surface area (Å²) in [5.74, 6) is 0.0952. The molecular weight excluding hydrogens is 276 g/mol. The molecule has 2 fully saturated rings. The van der Waals surface area contributed by atoms with Crippen LogP contribution in [0.3, 0.4) is 0 Å². The highest BCUT2D eigenvalue weighted by molar-refractivity contribution is 7.17. The molecule has 5 nitrogen and oxygen atoms in total. The highest BCUT2D eigenvalue weighted by atomic mass is 32.1. The zero-order chi connectivity index (χ0) is 14.3. The molecule has 0 atom stereocenters. The Kier molecular flexibility index (Phi) is 3.50. The maximum absolute atomic E-state index is 11.6. The van der Waals surface area contributed by atoms with Crippen LogP contribution in [0.2, 0.25) is 0 Å². The minimum absolute atomic E-state index is 0.0888. The van der Waals surface area contributed by atoms with Gasteiger partial charge in [-0.2, -0.15) is 0 Å². The van der Waals surface area contributed by atoms with Gasteiger partial charge in [0.25, 0.3) is 0 Å². The molecular formula is C14H18N2O3S. The van der Waals surface area contributed by atoms with Crippen molar-refractivity contribution >= 4 is 28.2 Å². The van der Waals surface area contributed by atoms with Crippen molar-refractivity contribution in [2.45, 2.75) is 32.6 Å². The summed E-state index contributed by atoms with van der Waals surface area (Å²) in [5, 5.41) is 9.87. The van der Waals surface area contributed by atoms with Gasteiger partial charge in [-0.25, -0.2) is 9.78 Å². The third-order valence-electron chi connectivity index (χ3n) is 3.76. The Bertz CT molecular complexity index is 501. The Balaban J connectivity index is 1.86. The summed E-state index contributed by atoms with van der Waals surface area (Å²) in [5.41, 5.74) is -0.0888. The van der Waals surface area contributed by atoms with Crippen molar-refractivity contribution in [1.29, 1.82) is 0 Å². The predicted molar refractivity (Wildman–Crippen MR) is 76.7 cm³/mol. The summed E-state index contributed by atoms with van der Waals surface area (Å²) in [4.78, 5) is 29.4. The van der Waals surface area contributed by atoms with Crippen LogP contribution >= 0.6 is 11.3 Å². The van der Waals surface area contributed by atoms with E-state index in [4.69, 9.17) is 0 Å². The number of aromatic nitrogens is 1. The van der Waals surface area contributed by atoms with Crippen LogP contribution in [-0.2, 0) is 0 Å². The van der Waals surface area contributed by atoms with E-state index >= 15 is 0 Å². The molecule has 2 aliphatic rings. The van der Waals surface area contributed by atoms with E-state index in [1.54, 1.807) is 0 Å². The number of hydrogen-bond donors (Lipinski definition) is 1. The largest absolute Gasteiger partial charge is 0.476 e. The lowest BCUT2D eigenvalue weighted by atomic mass is 10.3. The van der Waals surface area contributed by atoms with Gasteiger partial charge in [0.2, 0.25) is 0 Å². The second-order valence-electron chi connectivity index (χ2n) is 5.83. The fourth-order valence-electron chi connectivity index (χ4n) is 2.28. The minimum Gasteiger partial charge on any atom is -0.476 e. The standard InChI is InChI=1S/C14H18N2O3S/c1-8(17)12-11(13(18)19)15-14(20-12)16(6-9-2-3-9)7-10-4-5-10/h9-10H,2-7H2,1H3,(H,18,19). The Morgan fingerprint density at radius 3 is 2.15 bits per heavy atom. The molecule has 1 N–H and O–H groups in total. The van der Waals surface area contributed by atoms with Crippen LogP contribution in [0.15, 0.2) is 0 Å². The summed E-state index contributed by atoms with van der Waals surface area (Å²) in [7, 11) is 0. The van der Waals surface area contributed by atoms with Gasteiger partial charge in [-0.3, -0.25) is 4.79 Å². The van der Waals surface area contributed by atoms with Crippen LogP contribution in [0.1, 0.15) is 52.8 Å². The van der Waals surface area contributed by atoms with E-state index in [1.165, 1.54) is 43.9 Å². The Hall–Kier alpha value is -1.43. The van der Waals surface area contributed by atoms with E-state index in [1.807, 2.05) is 0 Å². The molecule has 0 spiro atoms. The zero-order valence-electron chi connectivity index (χ0n) is 11.5.